The Morgan fingerprint density at radius 2 is 1.96 bits per heavy atom. The molecular weight excluding hydrogens is 357 g/mol. The lowest BCUT2D eigenvalue weighted by Crippen LogP contribution is -2.66. The number of nitrogens with zero attached hydrogens (tertiary/aromatic N) is 2. The van der Waals surface area contributed by atoms with E-state index in [1.165, 1.54) is 25.9 Å². The third-order valence-corrected chi connectivity index (χ3v) is 6.20. The summed E-state index contributed by atoms with van der Waals surface area (Å²) < 4.78 is 5.41. The van der Waals surface area contributed by atoms with Gasteiger partial charge in [-0.05, 0) is 57.8 Å². The molecule has 0 unspecified atom stereocenters. The maximum absolute atomic E-state index is 6.20. The molecule has 3 saturated heterocycles. The van der Waals surface area contributed by atoms with Crippen LogP contribution in [0.4, 0.5) is 5.82 Å². The first-order chi connectivity index (χ1) is 10.5. The van der Waals surface area contributed by atoms with Crippen LogP contribution in [-0.2, 0) is 0 Å². The summed E-state index contributed by atoms with van der Waals surface area (Å²) in [7, 11) is 0. The van der Waals surface area contributed by atoms with Gasteiger partial charge in [0.25, 0.3) is 0 Å². The van der Waals surface area contributed by atoms with Crippen molar-refractivity contribution in [1.29, 1.82) is 0 Å². The minimum absolute atomic E-state index is 0. The summed E-state index contributed by atoms with van der Waals surface area (Å²) in [4.78, 5) is 2.57. The van der Waals surface area contributed by atoms with Crippen molar-refractivity contribution in [3.63, 3.8) is 0 Å². The summed E-state index contributed by atoms with van der Waals surface area (Å²) in [5.74, 6) is 1.44. The highest BCUT2D eigenvalue weighted by Gasteiger charge is 2.47. The van der Waals surface area contributed by atoms with E-state index in [1.54, 1.807) is 6.07 Å². The van der Waals surface area contributed by atoms with Gasteiger partial charge in [-0.2, -0.15) is 0 Å². The van der Waals surface area contributed by atoms with Gasteiger partial charge in [0.15, 0.2) is 11.4 Å². The van der Waals surface area contributed by atoms with Crippen LogP contribution >= 0.6 is 35.6 Å². The molecular formula is C16H20Cl3N3O. The number of aromatic nitrogens is 1. The van der Waals surface area contributed by atoms with Crippen molar-refractivity contribution in [2.24, 2.45) is 5.92 Å². The van der Waals surface area contributed by atoms with Crippen molar-refractivity contribution in [2.75, 3.05) is 18.4 Å². The van der Waals surface area contributed by atoms with Crippen LogP contribution in [0.15, 0.2) is 16.7 Å². The molecule has 0 spiro atoms. The van der Waals surface area contributed by atoms with Gasteiger partial charge in [-0.1, -0.05) is 28.4 Å². The zero-order valence-electron chi connectivity index (χ0n) is 13.1. The van der Waals surface area contributed by atoms with Gasteiger partial charge >= 0.3 is 0 Å². The highest BCUT2D eigenvalue weighted by Crippen LogP contribution is 2.42. The molecule has 1 N–H and O–H groups in total. The van der Waals surface area contributed by atoms with E-state index in [4.69, 9.17) is 27.7 Å². The van der Waals surface area contributed by atoms with Gasteiger partial charge < -0.3 is 9.84 Å². The maximum atomic E-state index is 6.20. The summed E-state index contributed by atoms with van der Waals surface area (Å²) in [6, 6.07) is 4.06. The second-order valence-electron chi connectivity index (χ2n) is 6.87. The number of piperidine rings is 3. The van der Waals surface area contributed by atoms with Gasteiger partial charge in [-0.25, -0.2) is 0 Å². The number of fused-ring (bicyclic) bond motifs is 4. The smallest absolute Gasteiger partial charge is 0.189 e. The van der Waals surface area contributed by atoms with E-state index < -0.39 is 0 Å². The van der Waals surface area contributed by atoms with E-state index in [0.717, 1.165) is 11.2 Å². The Balaban J connectivity index is 0.00000156. The molecule has 5 rings (SSSR count). The fourth-order valence-corrected chi connectivity index (χ4v) is 4.42. The first kappa shape index (κ1) is 17.2. The average Bonchev–Trinajstić information content (AvgIpc) is 2.91. The monoisotopic (exact) mass is 375 g/mol. The fourth-order valence-electron chi connectivity index (χ4n) is 4.08. The van der Waals surface area contributed by atoms with E-state index in [2.05, 4.69) is 29.2 Å². The van der Waals surface area contributed by atoms with Crippen molar-refractivity contribution in [1.82, 2.24) is 10.1 Å². The van der Waals surface area contributed by atoms with Crippen molar-refractivity contribution < 1.29 is 4.52 Å². The maximum Gasteiger partial charge on any atom is 0.189 e. The Hall–Kier alpha value is -0.680. The van der Waals surface area contributed by atoms with E-state index >= 15 is 0 Å². The topological polar surface area (TPSA) is 41.3 Å². The third-order valence-electron chi connectivity index (χ3n) is 5.41. The number of halogens is 3. The molecule has 3 aliphatic heterocycles. The second-order valence-corrected chi connectivity index (χ2v) is 7.65. The van der Waals surface area contributed by atoms with Gasteiger partial charge in [0.05, 0.1) is 10.4 Å². The van der Waals surface area contributed by atoms with Gasteiger partial charge in [-0.15, -0.1) is 12.4 Å². The van der Waals surface area contributed by atoms with Crippen molar-refractivity contribution in [2.45, 2.75) is 38.3 Å². The predicted octanol–water partition coefficient (Wildman–Crippen LogP) is 4.84. The quantitative estimate of drug-likeness (QED) is 0.814. The molecule has 3 fully saturated rings. The summed E-state index contributed by atoms with van der Waals surface area (Å²) >= 11 is 12.2. The van der Waals surface area contributed by atoms with Gasteiger partial charge in [0.1, 0.15) is 5.02 Å². The molecule has 1 atom stereocenters. The number of nitrogens with one attached hydrogen (secondary N) is 1. The molecule has 2 bridgehead atoms. The SMILES string of the molecule is CC1(C)[C@H](Nc2noc3c(Cl)c(Cl)ccc23)C2CCN1CC2.Cl. The number of hydrogen-bond acceptors (Lipinski definition) is 4. The molecule has 126 valence electrons. The molecule has 7 heteroatoms. The van der Waals surface area contributed by atoms with Crippen LogP contribution in [0.25, 0.3) is 11.0 Å². The number of benzene rings is 1. The lowest BCUT2D eigenvalue weighted by atomic mass is 9.72. The van der Waals surface area contributed by atoms with Crippen LogP contribution in [0.3, 0.4) is 0 Å². The predicted molar refractivity (Wildman–Crippen MR) is 97.1 cm³/mol. The summed E-state index contributed by atoms with van der Waals surface area (Å²) in [6.45, 7) is 7.00. The van der Waals surface area contributed by atoms with Gasteiger partial charge in [0, 0.05) is 11.6 Å². The molecule has 0 aliphatic carbocycles. The lowest BCUT2D eigenvalue weighted by molar-refractivity contribution is -0.0189. The Morgan fingerprint density at radius 1 is 1.26 bits per heavy atom. The lowest BCUT2D eigenvalue weighted by Gasteiger charge is -2.56. The average molecular weight is 377 g/mol. The summed E-state index contributed by atoms with van der Waals surface area (Å²) in [5, 5.41) is 9.62. The van der Waals surface area contributed by atoms with Crippen LogP contribution in [0.2, 0.25) is 10.0 Å². The Morgan fingerprint density at radius 3 is 2.61 bits per heavy atom. The molecule has 4 nitrogen and oxygen atoms in total. The van der Waals surface area contributed by atoms with Crippen LogP contribution in [0.5, 0.6) is 0 Å². The Bertz CT molecular complexity index is 723. The van der Waals surface area contributed by atoms with E-state index in [9.17, 15) is 0 Å². The second kappa shape index (κ2) is 5.99. The fraction of sp³-hybridized carbons (Fsp3) is 0.562. The highest BCUT2D eigenvalue weighted by atomic mass is 35.5. The largest absolute Gasteiger partial charge is 0.362 e. The number of rotatable bonds is 2. The molecule has 1 aromatic carbocycles. The molecule has 1 aromatic heterocycles. The molecule has 2 aromatic rings. The molecule has 0 saturated carbocycles. The van der Waals surface area contributed by atoms with Crippen molar-refractivity contribution >= 4 is 52.4 Å². The van der Waals surface area contributed by atoms with E-state index in [-0.39, 0.29) is 17.9 Å². The van der Waals surface area contributed by atoms with Crippen LogP contribution in [0.1, 0.15) is 26.7 Å². The summed E-state index contributed by atoms with van der Waals surface area (Å²) in [6.07, 6.45) is 2.48. The molecule has 4 heterocycles. The molecule has 23 heavy (non-hydrogen) atoms. The molecule has 0 amide bonds. The number of anilines is 1. The standard InChI is InChI=1S/C16H19Cl2N3O.ClH/c1-16(2)14(9-5-7-21(16)8-6-9)19-15-10-3-4-11(17)12(18)13(10)22-20-15;/h3-4,9,14H,5-8H2,1-2H3,(H,19,20);1H/t14-;/m1./s1. The minimum Gasteiger partial charge on any atom is -0.362 e. The van der Waals surface area contributed by atoms with Crippen LogP contribution in [-0.4, -0.2) is 34.7 Å². The summed E-state index contributed by atoms with van der Waals surface area (Å²) in [5.41, 5.74) is 0.665. The van der Waals surface area contributed by atoms with Crippen LogP contribution < -0.4 is 5.32 Å². The zero-order valence-corrected chi connectivity index (χ0v) is 15.4. The van der Waals surface area contributed by atoms with E-state index in [0.29, 0.717) is 27.6 Å². The first-order valence-corrected chi connectivity index (χ1v) is 8.49. The Labute approximate surface area is 151 Å². The normalized spacial score (nSPS) is 28.6. The zero-order chi connectivity index (χ0) is 15.5. The minimum atomic E-state index is 0. The van der Waals surface area contributed by atoms with Crippen molar-refractivity contribution in [3.05, 3.63) is 22.2 Å². The first-order valence-electron chi connectivity index (χ1n) is 7.73. The third kappa shape index (κ3) is 2.60. The van der Waals surface area contributed by atoms with Crippen molar-refractivity contribution in [3.8, 4) is 0 Å². The van der Waals surface area contributed by atoms with Gasteiger partial charge in [-0.3, -0.25) is 4.90 Å². The van der Waals surface area contributed by atoms with E-state index in [1.807, 2.05) is 6.07 Å². The van der Waals surface area contributed by atoms with Gasteiger partial charge in [0.2, 0.25) is 0 Å². The molecule has 0 radical (unpaired) electrons. The highest BCUT2D eigenvalue weighted by molar-refractivity contribution is 6.45. The number of hydrogen-bond donors (Lipinski definition) is 1. The van der Waals surface area contributed by atoms with Crippen LogP contribution in [0, 0.1) is 5.92 Å². The molecule has 3 aliphatic rings. The Kier molecular flexibility index (Phi) is 4.47.